The standard InChI is InChI=1S/C19H25NO7S/c1-4-20(15-7-8-28(23,24)13-15)18(21)12-27-19(22)6-5-14-9-16(25-2)11-17(10-14)26-3/h5-6,9-11,15H,4,7-8,12-13H2,1-3H3/b6-5+/t15-/m1/s1. The zero-order valence-corrected chi connectivity index (χ0v) is 17.0. The Morgan fingerprint density at radius 1 is 1.18 bits per heavy atom. The molecule has 8 nitrogen and oxygen atoms in total. The summed E-state index contributed by atoms with van der Waals surface area (Å²) in [5.41, 5.74) is 0.672. The second kappa shape index (κ2) is 9.59. The minimum absolute atomic E-state index is 0.0435. The van der Waals surface area contributed by atoms with Crippen LogP contribution in [0.25, 0.3) is 6.08 Å². The first-order valence-electron chi connectivity index (χ1n) is 8.85. The van der Waals surface area contributed by atoms with Crippen molar-refractivity contribution in [3.63, 3.8) is 0 Å². The molecule has 1 saturated heterocycles. The summed E-state index contributed by atoms with van der Waals surface area (Å²) >= 11 is 0. The minimum Gasteiger partial charge on any atom is -0.497 e. The maximum Gasteiger partial charge on any atom is 0.331 e. The molecule has 1 aliphatic rings. The lowest BCUT2D eigenvalue weighted by Gasteiger charge is -2.26. The monoisotopic (exact) mass is 411 g/mol. The number of hydrogen-bond acceptors (Lipinski definition) is 7. The third-order valence-electron chi connectivity index (χ3n) is 4.43. The highest BCUT2D eigenvalue weighted by molar-refractivity contribution is 7.91. The van der Waals surface area contributed by atoms with Gasteiger partial charge < -0.3 is 19.1 Å². The van der Waals surface area contributed by atoms with Crippen LogP contribution in [0.5, 0.6) is 11.5 Å². The number of sulfone groups is 1. The molecule has 0 bridgehead atoms. The van der Waals surface area contributed by atoms with Crippen LogP contribution >= 0.6 is 0 Å². The van der Waals surface area contributed by atoms with Crippen LogP contribution in [-0.2, 0) is 24.2 Å². The average Bonchev–Trinajstić information content (AvgIpc) is 3.04. The molecule has 0 N–H and O–H groups in total. The zero-order chi connectivity index (χ0) is 20.7. The summed E-state index contributed by atoms with van der Waals surface area (Å²) in [5, 5.41) is 0. The fourth-order valence-corrected chi connectivity index (χ4v) is 4.74. The van der Waals surface area contributed by atoms with Crippen LogP contribution < -0.4 is 9.47 Å². The highest BCUT2D eigenvalue weighted by Crippen LogP contribution is 2.23. The van der Waals surface area contributed by atoms with E-state index < -0.39 is 28.3 Å². The van der Waals surface area contributed by atoms with Crippen LogP contribution in [0.3, 0.4) is 0 Å². The molecule has 1 atom stereocenters. The summed E-state index contributed by atoms with van der Waals surface area (Å²) in [4.78, 5) is 25.7. The quantitative estimate of drug-likeness (QED) is 0.469. The van der Waals surface area contributed by atoms with Crippen LogP contribution in [0.1, 0.15) is 18.9 Å². The second-order valence-electron chi connectivity index (χ2n) is 6.32. The minimum atomic E-state index is -3.10. The van der Waals surface area contributed by atoms with E-state index in [9.17, 15) is 18.0 Å². The SMILES string of the molecule is CCN(C(=O)COC(=O)/C=C/c1cc(OC)cc(OC)c1)[C@@H]1CCS(=O)(=O)C1. The van der Waals surface area contributed by atoms with Crippen molar-refractivity contribution in [2.75, 3.05) is 38.9 Å². The number of ether oxygens (including phenoxy) is 3. The molecule has 2 rings (SSSR count). The van der Waals surface area contributed by atoms with Crippen molar-refractivity contribution < 1.29 is 32.2 Å². The summed E-state index contributed by atoms with van der Waals surface area (Å²) in [6, 6.07) is 4.78. The van der Waals surface area contributed by atoms with Gasteiger partial charge in [-0.25, -0.2) is 13.2 Å². The van der Waals surface area contributed by atoms with Gasteiger partial charge in [-0.2, -0.15) is 0 Å². The van der Waals surface area contributed by atoms with E-state index in [-0.39, 0.29) is 17.5 Å². The Labute approximate surface area is 165 Å². The smallest absolute Gasteiger partial charge is 0.331 e. The zero-order valence-electron chi connectivity index (χ0n) is 16.2. The van der Waals surface area contributed by atoms with E-state index in [1.165, 1.54) is 31.3 Å². The van der Waals surface area contributed by atoms with E-state index in [1.54, 1.807) is 25.1 Å². The molecular formula is C19H25NO7S. The van der Waals surface area contributed by atoms with Gasteiger partial charge >= 0.3 is 5.97 Å². The highest BCUT2D eigenvalue weighted by atomic mass is 32.2. The second-order valence-corrected chi connectivity index (χ2v) is 8.55. The van der Waals surface area contributed by atoms with Crippen molar-refractivity contribution in [3.8, 4) is 11.5 Å². The molecule has 9 heteroatoms. The molecular weight excluding hydrogens is 386 g/mol. The van der Waals surface area contributed by atoms with Gasteiger partial charge in [0.05, 0.1) is 25.7 Å². The fourth-order valence-electron chi connectivity index (χ4n) is 3.01. The van der Waals surface area contributed by atoms with Crippen molar-refractivity contribution in [1.82, 2.24) is 4.90 Å². The Bertz CT molecular complexity index is 826. The predicted molar refractivity (Wildman–Crippen MR) is 104 cm³/mol. The Hall–Kier alpha value is -2.55. The molecule has 0 aromatic heterocycles. The van der Waals surface area contributed by atoms with Gasteiger partial charge in [0, 0.05) is 24.7 Å². The Balaban J connectivity index is 1.92. The Kier molecular flexibility index (Phi) is 7.45. The molecule has 154 valence electrons. The summed E-state index contributed by atoms with van der Waals surface area (Å²) in [6.45, 7) is 1.69. The van der Waals surface area contributed by atoms with E-state index in [4.69, 9.17) is 14.2 Å². The summed E-state index contributed by atoms with van der Waals surface area (Å²) in [6.07, 6.45) is 3.14. The van der Waals surface area contributed by atoms with Gasteiger partial charge in [0.15, 0.2) is 16.4 Å². The maximum absolute atomic E-state index is 12.3. The molecule has 1 heterocycles. The third kappa shape index (κ3) is 5.98. The van der Waals surface area contributed by atoms with Crippen molar-refractivity contribution in [2.24, 2.45) is 0 Å². The fraction of sp³-hybridized carbons (Fsp3) is 0.474. The van der Waals surface area contributed by atoms with Gasteiger partial charge in [-0.3, -0.25) is 4.79 Å². The molecule has 1 fully saturated rings. The number of nitrogens with zero attached hydrogens (tertiary/aromatic N) is 1. The van der Waals surface area contributed by atoms with Gasteiger partial charge in [-0.05, 0) is 37.1 Å². The molecule has 0 spiro atoms. The number of methoxy groups -OCH3 is 2. The molecule has 1 amide bonds. The number of amides is 1. The van der Waals surface area contributed by atoms with Crippen LogP contribution in [-0.4, -0.2) is 70.1 Å². The van der Waals surface area contributed by atoms with Crippen LogP contribution in [0, 0.1) is 0 Å². The number of benzene rings is 1. The van der Waals surface area contributed by atoms with Crippen LogP contribution in [0.15, 0.2) is 24.3 Å². The lowest BCUT2D eigenvalue weighted by atomic mass is 10.2. The predicted octanol–water partition coefficient (Wildman–Crippen LogP) is 1.30. The van der Waals surface area contributed by atoms with Gasteiger partial charge in [-0.1, -0.05) is 0 Å². The average molecular weight is 411 g/mol. The molecule has 1 aliphatic heterocycles. The van der Waals surface area contributed by atoms with Crippen molar-refractivity contribution in [3.05, 3.63) is 29.8 Å². The summed E-state index contributed by atoms with van der Waals surface area (Å²) in [5.74, 6) is 0.103. The number of likely N-dealkylation sites (N-methyl/N-ethyl adjacent to an activating group) is 1. The Morgan fingerprint density at radius 2 is 1.82 bits per heavy atom. The summed E-state index contributed by atoms with van der Waals surface area (Å²) < 4.78 is 38.6. The lowest BCUT2D eigenvalue weighted by Crippen LogP contribution is -2.43. The van der Waals surface area contributed by atoms with E-state index >= 15 is 0 Å². The molecule has 0 aliphatic carbocycles. The van der Waals surface area contributed by atoms with E-state index in [1.807, 2.05) is 0 Å². The van der Waals surface area contributed by atoms with Gasteiger partial charge in [-0.15, -0.1) is 0 Å². The highest BCUT2D eigenvalue weighted by Gasteiger charge is 2.34. The number of carbonyl (C=O) groups excluding carboxylic acids is 2. The first-order valence-corrected chi connectivity index (χ1v) is 10.7. The van der Waals surface area contributed by atoms with E-state index in [2.05, 4.69) is 0 Å². The van der Waals surface area contributed by atoms with Crippen LogP contribution in [0.2, 0.25) is 0 Å². The van der Waals surface area contributed by atoms with E-state index in [0.29, 0.717) is 30.0 Å². The normalized spacial score (nSPS) is 18.0. The number of esters is 1. The molecule has 1 aromatic carbocycles. The molecule has 0 unspecified atom stereocenters. The number of rotatable bonds is 8. The topological polar surface area (TPSA) is 99.2 Å². The van der Waals surface area contributed by atoms with Crippen LogP contribution in [0.4, 0.5) is 0 Å². The lowest BCUT2D eigenvalue weighted by molar-refractivity contribution is -0.149. The van der Waals surface area contributed by atoms with Crippen molar-refractivity contribution in [2.45, 2.75) is 19.4 Å². The van der Waals surface area contributed by atoms with Gasteiger partial charge in [0.25, 0.3) is 5.91 Å². The van der Waals surface area contributed by atoms with Crippen molar-refractivity contribution >= 4 is 27.8 Å². The summed E-state index contributed by atoms with van der Waals surface area (Å²) in [7, 11) is -0.0495. The molecule has 1 aromatic rings. The first kappa shape index (κ1) is 21.7. The first-order chi connectivity index (χ1) is 13.3. The largest absolute Gasteiger partial charge is 0.497 e. The number of hydrogen-bond donors (Lipinski definition) is 0. The Morgan fingerprint density at radius 3 is 2.32 bits per heavy atom. The van der Waals surface area contributed by atoms with Gasteiger partial charge in [0.1, 0.15) is 11.5 Å². The van der Waals surface area contributed by atoms with Gasteiger partial charge in [0.2, 0.25) is 0 Å². The maximum atomic E-state index is 12.3. The van der Waals surface area contributed by atoms with E-state index in [0.717, 1.165) is 0 Å². The number of carbonyl (C=O) groups is 2. The third-order valence-corrected chi connectivity index (χ3v) is 6.18. The molecule has 0 saturated carbocycles. The van der Waals surface area contributed by atoms with Crippen molar-refractivity contribution in [1.29, 1.82) is 0 Å². The molecule has 28 heavy (non-hydrogen) atoms. The molecule has 0 radical (unpaired) electrons.